The third-order valence-electron chi connectivity index (χ3n) is 2.80. The maximum Gasteiger partial charge on any atom is 0.0627 e. The Hall–Kier alpha value is -0.310. The topological polar surface area (TPSA) is 17.8 Å². The van der Waals surface area contributed by atoms with Crippen molar-refractivity contribution in [3.05, 3.63) is 18.0 Å². The fraction of sp³-hybridized carbons (Fsp3) is 0.750. The summed E-state index contributed by atoms with van der Waals surface area (Å²) in [5.41, 5.74) is 1.21. The van der Waals surface area contributed by atoms with Crippen molar-refractivity contribution in [3.8, 4) is 0 Å². The van der Waals surface area contributed by atoms with Gasteiger partial charge in [0.05, 0.1) is 5.69 Å². The van der Waals surface area contributed by atoms with Gasteiger partial charge in [-0.25, -0.2) is 0 Å². The number of alkyl halides is 1. The molecule has 0 amide bonds. The Morgan fingerprint density at radius 3 is 2.40 bits per heavy atom. The molecule has 0 aliphatic rings. The first-order valence-corrected chi connectivity index (χ1v) is 6.76. The minimum atomic E-state index is 0.459. The van der Waals surface area contributed by atoms with Crippen molar-refractivity contribution >= 4 is 15.9 Å². The molecule has 0 aliphatic carbocycles. The van der Waals surface area contributed by atoms with Gasteiger partial charge in [-0.2, -0.15) is 5.10 Å². The molecule has 1 unspecified atom stereocenters. The fourth-order valence-corrected chi connectivity index (χ4v) is 2.49. The van der Waals surface area contributed by atoms with Crippen LogP contribution < -0.4 is 0 Å². The van der Waals surface area contributed by atoms with Crippen molar-refractivity contribution in [1.82, 2.24) is 9.78 Å². The standard InChI is InChI=1S/C12H21BrN2/c1-9(2)11(8-13)7-12-5-6-15(14-12)10(3)4/h5-6,9-11H,7-8H2,1-4H3. The molecule has 1 aromatic rings. The van der Waals surface area contributed by atoms with Crippen molar-refractivity contribution in [2.75, 3.05) is 5.33 Å². The van der Waals surface area contributed by atoms with Crippen LogP contribution in [0.15, 0.2) is 12.3 Å². The number of aromatic nitrogens is 2. The highest BCUT2D eigenvalue weighted by Gasteiger charge is 2.14. The average molecular weight is 273 g/mol. The van der Waals surface area contributed by atoms with E-state index in [0.29, 0.717) is 17.9 Å². The summed E-state index contributed by atoms with van der Waals surface area (Å²) in [6.07, 6.45) is 3.15. The second-order valence-corrected chi connectivity index (χ2v) is 5.39. The van der Waals surface area contributed by atoms with Gasteiger partial charge in [-0.15, -0.1) is 0 Å². The molecule has 15 heavy (non-hydrogen) atoms. The third-order valence-corrected chi connectivity index (χ3v) is 3.64. The van der Waals surface area contributed by atoms with Crippen LogP contribution in [-0.4, -0.2) is 15.1 Å². The van der Waals surface area contributed by atoms with E-state index in [2.05, 4.69) is 61.0 Å². The Bertz CT molecular complexity index is 292. The molecular weight excluding hydrogens is 252 g/mol. The van der Waals surface area contributed by atoms with Gasteiger partial charge >= 0.3 is 0 Å². The molecule has 0 aliphatic heterocycles. The van der Waals surface area contributed by atoms with Crippen LogP contribution in [0.5, 0.6) is 0 Å². The Balaban J connectivity index is 2.63. The monoisotopic (exact) mass is 272 g/mol. The van der Waals surface area contributed by atoms with E-state index in [1.807, 2.05) is 4.68 Å². The zero-order valence-corrected chi connectivity index (χ0v) is 11.7. The quantitative estimate of drug-likeness (QED) is 0.748. The van der Waals surface area contributed by atoms with Crippen molar-refractivity contribution in [1.29, 1.82) is 0 Å². The second kappa shape index (κ2) is 5.69. The number of hydrogen-bond acceptors (Lipinski definition) is 1. The SMILES string of the molecule is CC(C)C(CBr)Cc1ccn(C(C)C)n1. The van der Waals surface area contributed by atoms with E-state index >= 15 is 0 Å². The van der Waals surface area contributed by atoms with Gasteiger partial charge in [-0.1, -0.05) is 29.8 Å². The molecule has 0 saturated heterocycles. The first-order chi connectivity index (χ1) is 7.04. The zero-order valence-electron chi connectivity index (χ0n) is 10.1. The van der Waals surface area contributed by atoms with E-state index in [0.717, 1.165) is 11.8 Å². The predicted octanol–water partition coefficient (Wildman–Crippen LogP) is 3.67. The van der Waals surface area contributed by atoms with E-state index in [-0.39, 0.29) is 0 Å². The van der Waals surface area contributed by atoms with Crippen molar-refractivity contribution in [3.63, 3.8) is 0 Å². The largest absolute Gasteiger partial charge is 0.270 e. The van der Waals surface area contributed by atoms with Gasteiger partial charge in [0.25, 0.3) is 0 Å². The lowest BCUT2D eigenvalue weighted by molar-refractivity contribution is 0.418. The molecule has 86 valence electrons. The zero-order chi connectivity index (χ0) is 11.4. The van der Waals surface area contributed by atoms with E-state index in [9.17, 15) is 0 Å². The lowest BCUT2D eigenvalue weighted by Gasteiger charge is -2.16. The van der Waals surface area contributed by atoms with Gasteiger partial charge in [0.1, 0.15) is 0 Å². The Morgan fingerprint density at radius 2 is 2.00 bits per heavy atom. The van der Waals surface area contributed by atoms with Crippen LogP contribution in [0.1, 0.15) is 39.4 Å². The Labute approximate surface area is 101 Å². The maximum absolute atomic E-state index is 4.58. The summed E-state index contributed by atoms with van der Waals surface area (Å²) in [5, 5.41) is 5.63. The minimum Gasteiger partial charge on any atom is -0.270 e. The summed E-state index contributed by atoms with van der Waals surface area (Å²) in [6, 6.07) is 2.60. The fourth-order valence-electron chi connectivity index (χ4n) is 1.51. The molecule has 0 saturated carbocycles. The van der Waals surface area contributed by atoms with Crippen LogP contribution in [0.25, 0.3) is 0 Å². The predicted molar refractivity (Wildman–Crippen MR) is 68.4 cm³/mol. The van der Waals surface area contributed by atoms with Crippen molar-refractivity contribution in [2.24, 2.45) is 11.8 Å². The van der Waals surface area contributed by atoms with Crippen molar-refractivity contribution in [2.45, 2.75) is 40.2 Å². The molecule has 0 spiro atoms. The summed E-state index contributed by atoms with van der Waals surface area (Å²) in [6.45, 7) is 8.85. The molecule has 1 atom stereocenters. The van der Waals surface area contributed by atoms with Gasteiger partial charge in [0, 0.05) is 17.6 Å². The van der Waals surface area contributed by atoms with Crippen LogP contribution >= 0.6 is 15.9 Å². The molecule has 1 rings (SSSR count). The summed E-state index contributed by atoms with van der Waals surface area (Å²) in [7, 11) is 0. The number of nitrogens with zero attached hydrogens (tertiary/aromatic N) is 2. The lowest BCUT2D eigenvalue weighted by atomic mass is 9.93. The van der Waals surface area contributed by atoms with Gasteiger partial charge in [0.15, 0.2) is 0 Å². The van der Waals surface area contributed by atoms with Crippen LogP contribution in [-0.2, 0) is 6.42 Å². The van der Waals surface area contributed by atoms with Crippen LogP contribution in [0.2, 0.25) is 0 Å². The molecule has 1 aromatic heterocycles. The molecule has 0 radical (unpaired) electrons. The first kappa shape index (κ1) is 12.8. The highest BCUT2D eigenvalue weighted by Crippen LogP contribution is 2.19. The van der Waals surface area contributed by atoms with E-state index < -0.39 is 0 Å². The van der Waals surface area contributed by atoms with E-state index in [4.69, 9.17) is 0 Å². The summed E-state index contributed by atoms with van der Waals surface area (Å²) >= 11 is 3.58. The second-order valence-electron chi connectivity index (χ2n) is 4.74. The minimum absolute atomic E-state index is 0.459. The third kappa shape index (κ3) is 3.63. The van der Waals surface area contributed by atoms with Gasteiger partial charge < -0.3 is 0 Å². The van der Waals surface area contributed by atoms with Gasteiger partial charge in [-0.05, 0) is 38.2 Å². The lowest BCUT2D eigenvalue weighted by Crippen LogP contribution is -2.14. The highest BCUT2D eigenvalue weighted by molar-refractivity contribution is 9.09. The van der Waals surface area contributed by atoms with Crippen molar-refractivity contribution < 1.29 is 0 Å². The van der Waals surface area contributed by atoms with Crippen LogP contribution in [0.4, 0.5) is 0 Å². The summed E-state index contributed by atoms with van der Waals surface area (Å²) < 4.78 is 2.03. The number of hydrogen-bond donors (Lipinski definition) is 0. The molecule has 0 N–H and O–H groups in total. The number of halogens is 1. The molecule has 2 nitrogen and oxygen atoms in total. The molecule has 0 bridgehead atoms. The Kier molecular flexibility index (Phi) is 4.84. The van der Waals surface area contributed by atoms with E-state index in [1.165, 1.54) is 5.69 Å². The first-order valence-electron chi connectivity index (χ1n) is 5.64. The Morgan fingerprint density at radius 1 is 1.33 bits per heavy atom. The normalized spacial score (nSPS) is 13.8. The maximum atomic E-state index is 4.58. The van der Waals surface area contributed by atoms with Crippen LogP contribution in [0, 0.1) is 11.8 Å². The van der Waals surface area contributed by atoms with Gasteiger partial charge in [0.2, 0.25) is 0 Å². The molecular formula is C12H21BrN2. The molecule has 0 aromatic carbocycles. The smallest absolute Gasteiger partial charge is 0.0627 e. The average Bonchev–Trinajstić information content (AvgIpc) is 2.61. The van der Waals surface area contributed by atoms with Gasteiger partial charge in [-0.3, -0.25) is 4.68 Å². The highest BCUT2D eigenvalue weighted by atomic mass is 79.9. The summed E-state index contributed by atoms with van der Waals surface area (Å²) in [4.78, 5) is 0. The molecule has 1 heterocycles. The summed E-state index contributed by atoms with van der Waals surface area (Å²) in [5.74, 6) is 1.38. The number of rotatable bonds is 5. The van der Waals surface area contributed by atoms with Crippen LogP contribution in [0.3, 0.4) is 0 Å². The molecule has 0 fully saturated rings. The molecule has 3 heteroatoms. The van der Waals surface area contributed by atoms with E-state index in [1.54, 1.807) is 0 Å².